The second-order valence-electron chi connectivity index (χ2n) is 8.36. The molecule has 0 aliphatic carbocycles. The molecule has 1 aliphatic heterocycles. The van der Waals surface area contributed by atoms with E-state index in [0.717, 1.165) is 23.2 Å². The first-order valence-corrected chi connectivity index (χ1v) is 11.4. The largest absolute Gasteiger partial charge is 0.482 e. The molecule has 3 aromatic rings. The topological polar surface area (TPSA) is 84.4 Å². The number of aromatic nitrogens is 2. The molecule has 2 aromatic heterocycles. The highest BCUT2D eigenvalue weighted by atomic mass is 32.1. The number of pyridine rings is 1. The quantitative estimate of drug-likeness (QED) is 0.586. The molecule has 32 heavy (non-hydrogen) atoms. The van der Waals surface area contributed by atoms with Crippen LogP contribution in [0, 0.1) is 0 Å². The molecule has 0 unspecified atom stereocenters. The van der Waals surface area contributed by atoms with Crippen LogP contribution in [0.5, 0.6) is 5.75 Å². The zero-order chi connectivity index (χ0) is 22.7. The molecule has 4 rings (SSSR count). The third kappa shape index (κ3) is 4.65. The van der Waals surface area contributed by atoms with Crippen molar-refractivity contribution in [3.05, 3.63) is 69.9 Å². The Labute approximate surface area is 191 Å². The van der Waals surface area contributed by atoms with E-state index in [1.807, 2.05) is 24.3 Å². The molecule has 0 saturated carbocycles. The molecule has 1 aromatic carbocycles. The van der Waals surface area contributed by atoms with Crippen molar-refractivity contribution in [3.8, 4) is 5.75 Å². The van der Waals surface area contributed by atoms with Crippen molar-refractivity contribution in [1.82, 2.24) is 15.3 Å². The summed E-state index contributed by atoms with van der Waals surface area (Å²) < 4.78 is 5.64. The van der Waals surface area contributed by atoms with E-state index in [4.69, 9.17) is 4.74 Å². The summed E-state index contributed by atoms with van der Waals surface area (Å²) >= 11 is 1.37. The van der Waals surface area contributed by atoms with E-state index in [0.29, 0.717) is 29.5 Å². The van der Waals surface area contributed by atoms with Crippen molar-refractivity contribution in [2.75, 3.05) is 11.5 Å². The van der Waals surface area contributed by atoms with E-state index in [1.165, 1.54) is 11.3 Å². The summed E-state index contributed by atoms with van der Waals surface area (Å²) in [6, 6.07) is 9.75. The normalized spacial score (nSPS) is 13.5. The lowest BCUT2D eigenvalue weighted by atomic mass is 9.82. The van der Waals surface area contributed by atoms with Gasteiger partial charge in [-0.15, -0.1) is 11.3 Å². The minimum atomic E-state index is -0.253. The summed E-state index contributed by atoms with van der Waals surface area (Å²) in [5, 5.41) is 5.26. The summed E-state index contributed by atoms with van der Waals surface area (Å²) in [7, 11) is 0. The molecule has 0 atom stereocenters. The highest BCUT2D eigenvalue weighted by Gasteiger charge is 2.29. The van der Waals surface area contributed by atoms with Crippen LogP contribution < -0.4 is 15.0 Å². The summed E-state index contributed by atoms with van der Waals surface area (Å²) in [5.41, 5.74) is 3.14. The zero-order valence-corrected chi connectivity index (χ0v) is 19.2. The molecule has 1 aliphatic rings. The lowest BCUT2D eigenvalue weighted by Crippen LogP contribution is -2.38. The maximum absolute atomic E-state index is 12.7. The number of benzene rings is 1. The van der Waals surface area contributed by atoms with Crippen LogP contribution in [0.2, 0.25) is 0 Å². The molecule has 0 radical (unpaired) electrons. The van der Waals surface area contributed by atoms with Crippen LogP contribution in [0.15, 0.2) is 48.1 Å². The Kier molecular flexibility index (Phi) is 6.23. The van der Waals surface area contributed by atoms with Crippen molar-refractivity contribution < 1.29 is 14.3 Å². The second kappa shape index (κ2) is 9.08. The Bertz CT molecular complexity index is 1130. The van der Waals surface area contributed by atoms with E-state index in [1.54, 1.807) is 22.7 Å². The number of amides is 2. The van der Waals surface area contributed by atoms with Crippen molar-refractivity contribution in [2.45, 2.75) is 45.7 Å². The number of nitrogens with zero attached hydrogens (tertiary/aromatic N) is 3. The fraction of sp³-hybridized carbons (Fsp3) is 0.333. The van der Waals surface area contributed by atoms with Gasteiger partial charge in [-0.3, -0.25) is 19.5 Å². The van der Waals surface area contributed by atoms with E-state index >= 15 is 0 Å². The maximum atomic E-state index is 12.7. The van der Waals surface area contributed by atoms with E-state index in [2.05, 4.69) is 42.1 Å². The van der Waals surface area contributed by atoms with Crippen molar-refractivity contribution >= 4 is 28.8 Å². The molecule has 0 fully saturated rings. The predicted octanol–water partition coefficient (Wildman–Crippen LogP) is 4.08. The minimum absolute atomic E-state index is 0.00660. The highest BCUT2D eigenvalue weighted by molar-refractivity contribution is 7.09. The average molecular weight is 451 g/mol. The Balaban J connectivity index is 1.50. The molecule has 0 saturated heterocycles. The standard InChI is InChI=1S/C24H26N4O3S/c1-4-24(2,3)17-7-8-20-19(10-17)28(22(29)14-31-20)13-21-27-18(15-32-21)23(30)26-12-16-6-5-9-25-11-16/h5-11,15H,4,12-14H2,1-3H3,(H,26,30). The van der Waals surface area contributed by atoms with Crippen LogP contribution in [0.1, 0.15) is 53.8 Å². The molecule has 3 heterocycles. The van der Waals surface area contributed by atoms with Crippen molar-refractivity contribution in [2.24, 2.45) is 0 Å². The first-order chi connectivity index (χ1) is 15.4. The van der Waals surface area contributed by atoms with Gasteiger partial charge in [0.25, 0.3) is 11.8 Å². The summed E-state index contributed by atoms with van der Waals surface area (Å²) in [6.45, 7) is 7.18. The molecular formula is C24H26N4O3S. The van der Waals surface area contributed by atoms with Gasteiger partial charge in [-0.2, -0.15) is 0 Å². The number of carbonyl (C=O) groups excluding carboxylic acids is 2. The number of hydrogen-bond acceptors (Lipinski definition) is 6. The molecule has 8 heteroatoms. The number of anilines is 1. The van der Waals surface area contributed by atoms with Crippen molar-refractivity contribution in [3.63, 3.8) is 0 Å². The fourth-order valence-corrected chi connectivity index (χ4v) is 4.16. The van der Waals surface area contributed by atoms with Gasteiger partial charge in [0.15, 0.2) is 6.61 Å². The van der Waals surface area contributed by atoms with Gasteiger partial charge in [-0.25, -0.2) is 4.98 Å². The molecular weight excluding hydrogens is 424 g/mol. The molecule has 166 valence electrons. The Hall–Kier alpha value is -3.26. The molecule has 7 nitrogen and oxygen atoms in total. The van der Waals surface area contributed by atoms with Gasteiger partial charge in [0, 0.05) is 24.3 Å². The van der Waals surface area contributed by atoms with Gasteiger partial charge >= 0.3 is 0 Å². The van der Waals surface area contributed by atoms with Crippen LogP contribution in [-0.2, 0) is 23.3 Å². The van der Waals surface area contributed by atoms with E-state index in [9.17, 15) is 9.59 Å². The number of fused-ring (bicyclic) bond motifs is 1. The molecule has 0 spiro atoms. The zero-order valence-electron chi connectivity index (χ0n) is 18.4. The fourth-order valence-electron chi connectivity index (χ4n) is 3.40. The highest BCUT2D eigenvalue weighted by Crippen LogP contribution is 2.38. The number of carbonyl (C=O) groups is 2. The van der Waals surface area contributed by atoms with Gasteiger partial charge in [0.2, 0.25) is 0 Å². The Morgan fingerprint density at radius 3 is 2.91 bits per heavy atom. The third-order valence-electron chi connectivity index (χ3n) is 5.82. The number of hydrogen-bond donors (Lipinski definition) is 1. The van der Waals surface area contributed by atoms with Crippen LogP contribution >= 0.6 is 11.3 Å². The average Bonchev–Trinajstić information content (AvgIpc) is 3.28. The molecule has 2 amide bonds. The summed E-state index contributed by atoms with van der Waals surface area (Å²) in [6.07, 6.45) is 4.38. The van der Waals surface area contributed by atoms with Crippen LogP contribution in [-0.4, -0.2) is 28.4 Å². The van der Waals surface area contributed by atoms with Crippen LogP contribution in [0.3, 0.4) is 0 Å². The smallest absolute Gasteiger partial charge is 0.271 e. The monoisotopic (exact) mass is 450 g/mol. The Morgan fingerprint density at radius 2 is 2.16 bits per heavy atom. The summed E-state index contributed by atoms with van der Waals surface area (Å²) in [4.78, 5) is 35.4. The van der Waals surface area contributed by atoms with Crippen LogP contribution in [0.25, 0.3) is 0 Å². The van der Waals surface area contributed by atoms with Gasteiger partial charge in [0.1, 0.15) is 16.5 Å². The maximum Gasteiger partial charge on any atom is 0.271 e. The van der Waals surface area contributed by atoms with Gasteiger partial charge in [-0.05, 0) is 41.2 Å². The van der Waals surface area contributed by atoms with E-state index < -0.39 is 0 Å². The van der Waals surface area contributed by atoms with Gasteiger partial charge < -0.3 is 10.1 Å². The SMILES string of the molecule is CCC(C)(C)c1ccc2c(c1)N(Cc1nc(C(=O)NCc3cccnc3)cs1)C(=O)CO2. The second-order valence-corrected chi connectivity index (χ2v) is 9.30. The first kappa shape index (κ1) is 22.0. The van der Waals surface area contributed by atoms with E-state index in [-0.39, 0.29) is 23.8 Å². The summed E-state index contributed by atoms with van der Waals surface area (Å²) in [5.74, 6) is 0.310. The van der Waals surface area contributed by atoms with Gasteiger partial charge in [-0.1, -0.05) is 32.9 Å². The Morgan fingerprint density at radius 1 is 1.31 bits per heavy atom. The number of thiazole rings is 1. The minimum Gasteiger partial charge on any atom is -0.482 e. The lowest BCUT2D eigenvalue weighted by Gasteiger charge is -2.31. The first-order valence-electron chi connectivity index (χ1n) is 10.6. The molecule has 1 N–H and O–H groups in total. The van der Waals surface area contributed by atoms with Crippen LogP contribution in [0.4, 0.5) is 5.69 Å². The van der Waals surface area contributed by atoms with Crippen molar-refractivity contribution in [1.29, 1.82) is 0 Å². The number of ether oxygens (including phenoxy) is 1. The van der Waals surface area contributed by atoms with Gasteiger partial charge in [0.05, 0.1) is 12.2 Å². The third-order valence-corrected chi connectivity index (χ3v) is 6.65. The predicted molar refractivity (Wildman–Crippen MR) is 124 cm³/mol. The molecule has 0 bridgehead atoms. The number of nitrogens with one attached hydrogen (secondary N) is 1. The number of rotatable bonds is 7. The lowest BCUT2D eigenvalue weighted by molar-refractivity contribution is -0.121.